The number of carbonyl (C=O) groups excluding carboxylic acids is 2. The van der Waals surface area contributed by atoms with Crippen LogP contribution in [0.1, 0.15) is 12.5 Å². The Morgan fingerprint density at radius 2 is 1.88 bits per heavy atom. The van der Waals surface area contributed by atoms with Crippen LogP contribution in [-0.4, -0.2) is 18.4 Å². The molecule has 0 saturated carbocycles. The molecule has 0 aromatic heterocycles. The maximum absolute atomic E-state index is 12.3. The standard InChI is InChI=1S/C17H13Cl2N3O2/c1-11(23)22(15-8-3-2-5-12(15)9-20)10-16(24)21-14-7-4-6-13(18)17(14)19/h2-8H,10H2,1H3,(H,21,24). The van der Waals surface area contributed by atoms with Crippen LogP contribution in [0.5, 0.6) is 0 Å². The number of para-hydroxylation sites is 1. The van der Waals surface area contributed by atoms with Gasteiger partial charge in [0.1, 0.15) is 12.6 Å². The van der Waals surface area contributed by atoms with Crippen LogP contribution >= 0.6 is 23.2 Å². The van der Waals surface area contributed by atoms with Gasteiger partial charge in [-0.05, 0) is 24.3 Å². The molecule has 122 valence electrons. The molecular weight excluding hydrogens is 349 g/mol. The highest BCUT2D eigenvalue weighted by Gasteiger charge is 2.19. The molecule has 2 amide bonds. The molecular formula is C17H13Cl2N3O2. The van der Waals surface area contributed by atoms with Crippen LogP contribution in [0.15, 0.2) is 42.5 Å². The Morgan fingerprint density at radius 3 is 2.54 bits per heavy atom. The second kappa shape index (κ2) is 7.82. The Bertz CT molecular complexity index is 831. The Balaban J connectivity index is 2.22. The Morgan fingerprint density at radius 1 is 1.17 bits per heavy atom. The molecule has 0 aliphatic heterocycles. The first-order valence-corrected chi connectivity index (χ1v) is 7.70. The topological polar surface area (TPSA) is 73.2 Å². The van der Waals surface area contributed by atoms with Crippen molar-refractivity contribution in [3.05, 3.63) is 58.1 Å². The number of nitrogens with zero attached hydrogens (tertiary/aromatic N) is 2. The lowest BCUT2D eigenvalue weighted by molar-refractivity contribution is -0.120. The fourth-order valence-corrected chi connectivity index (χ4v) is 2.45. The van der Waals surface area contributed by atoms with Crippen molar-refractivity contribution in [1.29, 1.82) is 5.26 Å². The number of hydrogen-bond donors (Lipinski definition) is 1. The van der Waals surface area contributed by atoms with E-state index < -0.39 is 5.91 Å². The molecule has 7 heteroatoms. The predicted octanol–water partition coefficient (Wildman–Crippen LogP) is 3.86. The second-order valence-electron chi connectivity index (χ2n) is 4.88. The van der Waals surface area contributed by atoms with Gasteiger partial charge in [-0.15, -0.1) is 0 Å². The molecule has 0 heterocycles. The molecule has 0 aliphatic rings. The van der Waals surface area contributed by atoms with E-state index in [0.717, 1.165) is 0 Å². The minimum Gasteiger partial charge on any atom is -0.323 e. The molecule has 0 spiro atoms. The van der Waals surface area contributed by atoms with Gasteiger partial charge in [-0.1, -0.05) is 41.4 Å². The number of hydrogen-bond acceptors (Lipinski definition) is 3. The third-order valence-electron chi connectivity index (χ3n) is 3.22. The third-order valence-corrected chi connectivity index (χ3v) is 4.04. The lowest BCUT2D eigenvalue weighted by atomic mass is 10.1. The molecule has 2 aromatic carbocycles. The fourth-order valence-electron chi connectivity index (χ4n) is 2.10. The summed E-state index contributed by atoms with van der Waals surface area (Å²) in [5, 5.41) is 12.3. The van der Waals surface area contributed by atoms with Gasteiger partial charge >= 0.3 is 0 Å². The molecule has 1 N–H and O–H groups in total. The van der Waals surface area contributed by atoms with E-state index in [4.69, 9.17) is 28.5 Å². The number of nitriles is 1. The summed E-state index contributed by atoms with van der Waals surface area (Å²) in [7, 11) is 0. The maximum Gasteiger partial charge on any atom is 0.244 e. The van der Waals surface area contributed by atoms with Crippen LogP contribution in [-0.2, 0) is 9.59 Å². The average molecular weight is 362 g/mol. The van der Waals surface area contributed by atoms with Gasteiger partial charge in [0.15, 0.2) is 0 Å². The van der Waals surface area contributed by atoms with Crippen LogP contribution in [0.3, 0.4) is 0 Å². The van der Waals surface area contributed by atoms with Gasteiger partial charge in [0.05, 0.1) is 27.0 Å². The zero-order valence-corrected chi connectivity index (χ0v) is 14.2. The molecule has 2 rings (SSSR count). The molecule has 0 unspecified atom stereocenters. The number of anilines is 2. The van der Waals surface area contributed by atoms with Crippen molar-refractivity contribution in [1.82, 2.24) is 0 Å². The van der Waals surface area contributed by atoms with Crippen LogP contribution in [0, 0.1) is 11.3 Å². The smallest absolute Gasteiger partial charge is 0.244 e. The van der Waals surface area contributed by atoms with E-state index in [-0.39, 0.29) is 17.5 Å². The van der Waals surface area contributed by atoms with Crippen molar-refractivity contribution >= 4 is 46.4 Å². The van der Waals surface area contributed by atoms with E-state index in [0.29, 0.717) is 22.0 Å². The van der Waals surface area contributed by atoms with Crippen LogP contribution in [0.25, 0.3) is 0 Å². The SMILES string of the molecule is CC(=O)N(CC(=O)Nc1cccc(Cl)c1Cl)c1ccccc1C#N. The first-order chi connectivity index (χ1) is 11.4. The van der Waals surface area contributed by atoms with Crippen molar-refractivity contribution in [2.75, 3.05) is 16.8 Å². The third kappa shape index (κ3) is 4.05. The maximum atomic E-state index is 12.3. The molecule has 0 aliphatic carbocycles. The quantitative estimate of drug-likeness (QED) is 0.898. The van der Waals surface area contributed by atoms with Gasteiger partial charge in [0.25, 0.3) is 0 Å². The van der Waals surface area contributed by atoms with E-state index in [1.54, 1.807) is 42.5 Å². The second-order valence-corrected chi connectivity index (χ2v) is 5.67. The minimum absolute atomic E-state index is 0.222. The summed E-state index contributed by atoms with van der Waals surface area (Å²) in [6, 6.07) is 13.4. The summed E-state index contributed by atoms with van der Waals surface area (Å²) >= 11 is 11.9. The van der Waals surface area contributed by atoms with Gasteiger partial charge in [-0.3, -0.25) is 9.59 Å². The molecule has 2 aromatic rings. The summed E-state index contributed by atoms with van der Waals surface area (Å²) in [4.78, 5) is 25.4. The van der Waals surface area contributed by atoms with Crippen LogP contribution in [0.4, 0.5) is 11.4 Å². The first kappa shape index (κ1) is 17.8. The van der Waals surface area contributed by atoms with E-state index in [9.17, 15) is 9.59 Å². The molecule has 0 fully saturated rings. The van der Waals surface area contributed by atoms with Gasteiger partial charge in [0.2, 0.25) is 11.8 Å². The average Bonchev–Trinajstić information content (AvgIpc) is 2.56. The number of benzene rings is 2. The highest BCUT2D eigenvalue weighted by molar-refractivity contribution is 6.44. The van der Waals surface area contributed by atoms with E-state index >= 15 is 0 Å². The zero-order valence-electron chi connectivity index (χ0n) is 12.7. The number of nitrogens with one attached hydrogen (secondary N) is 1. The van der Waals surface area contributed by atoms with Gasteiger partial charge in [-0.25, -0.2) is 0 Å². The van der Waals surface area contributed by atoms with Crippen molar-refractivity contribution < 1.29 is 9.59 Å². The Labute approximate surface area is 149 Å². The fraction of sp³-hybridized carbons (Fsp3) is 0.118. The summed E-state index contributed by atoms with van der Waals surface area (Å²) < 4.78 is 0. The Hall–Kier alpha value is -2.55. The molecule has 0 saturated heterocycles. The predicted molar refractivity (Wildman–Crippen MR) is 94.3 cm³/mol. The van der Waals surface area contributed by atoms with E-state index in [2.05, 4.69) is 5.32 Å². The first-order valence-electron chi connectivity index (χ1n) is 6.95. The summed E-state index contributed by atoms with van der Waals surface area (Å²) in [5.74, 6) is -0.813. The van der Waals surface area contributed by atoms with Crippen molar-refractivity contribution in [3.63, 3.8) is 0 Å². The minimum atomic E-state index is -0.456. The number of amides is 2. The number of halogens is 2. The molecule has 0 atom stereocenters. The van der Waals surface area contributed by atoms with Crippen LogP contribution in [0.2, 0.25) is 10.0 Å². The van der Waals surface area contributed by atoms with Crippen molar-refractivity contribution in [2.45, 2.75) is 6.92 Å². The lowest BCUT2D eigenvalue weighted by Gasteiger charge is -2.21. The molecule has 24 heavy (non-hydrogen) atoms. The molecule has 0 bridgehead atoms. The largest absolute Gasteiger partial charge is 0.323 e. The van der Waals surface area contributed by atoms with Gasteiger partial charge in [0, 0.05) is 6.92 Å². The van der Waals surface area contributed by atoms with E-state index in [1.807, 2.05) is 6.07 Å². The lowest BCUT2D eigenvalue weighted by Crippen LogP contribution is -2.37. The highest BCUT2D eigenvalue weighted by atomic mass is 35.5. The van der Waals surface area contributed by atoms with E-state index in [1.165, 1.54) is 11.8 Å². The number of rotatable bonds is 4. The summed E-state index contributed by atoms with van der Waals surface area (Å²) in [6.07, 6.45) is 0. The summed E-state index contributed by atoms with van der Waals surface area (Å²) in [6.45, 7) is 1.07. The normalized spacial score (nSPS) is 9.92. The van der Waals surface area contributed by atoms with Crippen molar-refractivity contribution in [3.8, 4) is 6.07 Å². The van der Waals surface area contributed by atoms with Crippen LogP contribution < -0.4 is 10.2 Å². The summed E-state index contributed by atoms with van der Waals surface area (Å²) in [5.41, 5.74) is 1.03. The Kier molecular flexibility index (Phi) is 5.80. The number of carbonyl (C=O) groups is 2. The highest BCUT2D eigenvalue weighted by Crippen LogP contribution is 2.29. The van der Waals surface area contributed by atoms with Crippen molar-refractivity contribution in [2.24, 2.45) is 0 Å². The molecule has 5 nitrogen and oxygen atoms in total. The van der Waals surface area contributed by atoms with Gasteiger partial charge in [-0.2, -0.15) is 5.26 Å². The molecule has 0 radical (unpaired) electrons. The van der Waals surface area contributed by atoms with Gasteiger partial charge < -0.3 is 10.2 Å². The monoisotopic (exact) mass is 361 g/mol. The zero-order chi connectivity index (χ0) is 17.7.